The molecule has 0 aromatic heterocycles. The molecule has 2 unspecified atom stereocenters. The van der Waals surface area contributed by atoms with Gasteiger partial charge in [0, 0.05) is 19.4 Å². The van der Waals surface area contributed by atoms with Crippen LogP contribution in [0, 0.1) is 5.92 Å². The van der Waals surface area contributed by atoms with Crippen LogP contribution in [-0.4, -0.2) is 75.2 Å². The first-order valence-corrected chi connectivity index (χ1v) is 8.91. The molecule has 1 aliphatic heterocycles. The van der Waals surface area contributed by atoms with Crippen LogP contribution in [0.25, 0.3) is 0 Å². The van der Waals surface area contributed by atoms with Crippen molar-refractivity contribution in [2.75, 3.05) is 6.54 Å². The van der Waals surface area contributed by atoms with Crippen LogP contribution >= 0.6 is 0 Å². The summed E-state index contributed by atoms with van der Waals surface area (Å²) in [7, 11) is 0. The summed E-state index contributed by atoms with van der Waals surface area (Å²) in [5.41, 5.74) is 0. The van der Waals surface area contributed by atoms with Crippen molar-refractivity contribution in [3.05, 3.63) is 11.8 Å². The van der Waals surface area contributed by atoms with Gasteiger partial charge in [-0.2, -0.15) is 0 Å². The minimum Gasteiger partial charge on any atom is -0.478 e. The summed E-state index contributed by atoms with van der Waals surface area (Å²) < 4.78 is 5.19. The summed E-state index contributed by atoms with van der Waals surface area (Å²) in [6.07, 6.45) is -1.60. The summed E-state index contributed by atoms with van der Waals surface area (Å²) in [5.74, 6) is -2.92. The number of aliphatic carboxylic acids is 1. The quantitative estimate of drug-likeness (QED) is 0.300. The van der Waals surface area contributed by atoms with Crippen LogP contribution in [0.1, 0.15) is 32.6 Å². The number of hydrogen-bond donors (Lipinski definition) is 6. The van der Waals surface area contributed by atoms with Gasteiger partial charge in [-0.15, -0.1) is 0 Å². The number of carboxylic acid groups (broad SMARTS) is 1. The van der Waals surface area contributed by atoms with E-state index >= 15 is 0 Å². The van der Waals surface area contributed by atoms with Gasteiger partial charge in [-0.05, 0) is 18.9 Å². The number of amides is 2. The fourth-order valence-corrected chi connectivity index (χ4v) is 3.40. The molecule has 0 spiro atoms. The third kappa shape index (κ3) is 5.41. The number of hydrogen-bond acceptors (Lipinski definition) is 7. The summed E-state index contributed by atoms with van der Waals surface area (Å²) >= 11 is 0. The summed E-state index contributed by atoms with van der Waals surface area (Å²) in [6.45, 7) is 0.913. The van der Waals surface area contributed by atoms with Crippen molar-refractivity contribution in [3.63, 3.8) is 0 Å². The first-order chi connectivity index (χ1) is 12.7. The van der Waals surface area contributed by atoms with Crippen LogP contribution in [0.2, 0.25) is 0 Å². The average molecular weight is 386 g/mol. The highest BCUT2D eigenvalue weighted by Crippen LogP contribution is 2.25. The maximum Gasteiger partial charge on any atom is 0.370 e. The molecule has 0 saturated heterocycles. The second-order valence-electron chi connectivity index (χ2n) is 6.92. The van der Waals surface area contributed by atoms with E-state index in [2.05, 4.69) is 10.6 Å². The van der Waals surface area contributed by atoms with Gasteiger partial charge in [-0.25, -0.2) is 4.79 Å². The van der Waals surface area contributed by atoms with Crippen molar-refractivity contribution in [2.24, 2.45) is 5.92 Å². The lowest BCUT2D eigenvalue weighted by Crippen LogP contribution is -2.60. The number of nitrogens with one attached hydrogen (secondary N) is 2. The van der Waals surface area contributed by atoms with E-state index in [1.54, 1.807) is 0 Å². The number of aliphatic hydroxyl groups excluding tert-OH is 3. The van der Waals surface area contributed by atoms with Gasteiger partial charge < -0.3 is 35.8 Å². The van der Waals surface area contributed by atoms with E-state index in [1.807, 2.05) is 0 Å². The second kappa shape index (κ2) is 9.16. The van der Waals surface area contributed by atoms with Crippen LogP contribution in [-0.2, 0) is 19.1 Å². The molecule has 1 saturated carbocycles. The molecule has 152 valence electrons. The Morgan fingerprint density at radius 1 is 1.26 bits per heavy atom. The van der Waals surface area contributed by atoms with E-state index in [0.29, 0.717) is 0 Å². The highest BCUT2D eigenvalue weighted by molar-refractivity contribution is 5.84. The molecule has 1 fully saturated rings. The molecular weight excluding hydrogens is 360 g/mol. The second-order valence-corrected chi connectivity index (χ2v) is 6.92. The summed E-state index contributed by atoms with van der Waals surface area (Å²) in [4.78, 5) is 34.5. The Balaban J connectivity index is 2.03. The lowest BCUT2D eigenvalue weighted by molar-refractivity contribution is -0.147. The number of carboxylic acids is 1. The Hall–Kier alpha value is -2.17. The molecule has 2 amide bonds. The number of ether oxygens (including phenoxy) is 1. The molecule has 10 heteroatoms. The Kier molecular flexibility index (Phi) is 7.17. The van der Waals surface area contributed by atoms with Crippen molar-refractivity contribution in [1.82, 2.24) is 10.6 Å². The number of carbonyl (C=O) groups excluding carboxylic acids is 2. The molecule has 0 radical (unpaired) electrons. The first kappa shape index (κ1) is 21.1. The molecular formula is C17H26N2O8. The fraction of sp³-hybridized carbons (Fsp3) is 0.706. The van der Waals surface area contributed by atoms with E-state index in [-0.39, 0.29) is 18.4 Å². The normalized spacial score (nSPS) is 27.9. The van der Waals surface area contributed by atoms with Gasteiger partial charge in [0.05, 0.1) is 6.04 Å². The standard InChI is InChI=1S/C17H26N2O8/c1-8(20)19-13-10(21)6-12(17(25)26)27-15(13)14(23)11(22)7-18-16(24)9-4-2-3-5-9/h6,9-11,13-15,21-23H,2-5,7H2,1H3,(H,18,24)(H,19,20)(H,25,26)/t10?,11-,13+,14-,15?/m0/s1. The Labute approximate surface area is 156 Å². The van der Waals surface area contributed by atoms with Gasteiger partial charge in [0.25, 0.3) is 0 Å². The maximum absolute atomic E-state index is 12.0. The lowest BCUT2D eigenvalue weighted by Gasteiger charge is -2.38. The predicted molar refractivity (Wildman–Crippen MR) is 91.2 cm³/mol. The highest BCUT2D eigenvalue weighted by atomic mass is 16.5. The van der Waals surface area contributed by atoms with Gasteiger partial charge in [-0.3, -0.25) is 9.59 Å². The summed E-state index contributed by atoms with van der Waals surface area (Å²) in [6, 6.07) is -1.17. The van der Waals surface area contributed by atoms with Crippen molar-refractivity contribution in [1.29, 1.82) is 0 Å². The molecule has 10 nitrogen and oxygen atoms in total. The molecule has 27 heavy (non-hydrogen) atoms. The molecule has 0 bridgehead atoms. The van der Waals surface area contributed by atoms with Gasteiger partial charge in [0.15, 0.2) is 6.10 Å². The lowest BCUT2D eigenvalue weighted by atomic mass is 9.93. The van der Waals surface area contributed by atoms with Crippen molar-refractivity contribution in [2.45, 2.75) is 63.1 Å². The zero-order valence-electron chi connectivity index (χ0n) is 15.0. The Morgan fingerprint density at radius 2 is 1.89 bits per heavy atom. The van der Waals surface area contributed by atoms with E-state index in [9.17, 15) is 29.7 Å². The molecule has 1 heterocycles. The summed E-state index contributed by atoms with van der Waals surface area (Å²) in [5, 5.41) is 44.7. The maximum atomic E-state index is 12.0. The SMILES string of the molecule is CC(=O)N[C@@H]1C(O)C=C(C(=O)O)OC1[C@@H](O)[C@@H](O)CNC(=O)C1CCCC1. The van der Waals surface area contributed by atoms with Gasteiger partial charge >= 0.3 is 5.97 Å². The van der Waals surface area contributed by atoms with Gasteiger partial charge in [0.2, 0.25) is 17.6 Å². The average Bonchev–Trinajstić information content (AvgIpc) is 3.14. The molecule has 6 N–H and O–H groups in total. The zero-order chi connectivity index (χ0) is 20.1. The van der Waals surface area contributed by atoms with Crippen LogP contribution in [0.3, 0.4) is 0 Å². The number of rotatable bonds is 7. The van der Waals surface area contributed by atoms with E-state index in [1.165, 1.54) is 6.92 Å². The third-order valence-electron chi connectivity index (χ3n) is 4.83. The van der Waals surface area contributed by atoms with E-state index in [0.717, 1.165) is 31.8 Å². The Morgan fingerprint density at radius 3 is 2.44 bits per heavy atom. The van der Waals surface area contributed by atoms with Crippen molar-refractivity contribution < 1.29 is 39.5 Å². The zero-order valence-corrected chi connectivity index (χ0v) is 15.0. The number of aliphatic hydroxyl groups is 3. The molecule has 0 aromatic carbocycles. The van der Waals surface area contributed by atoms with Crippen molar-refractivity contribution in [3.8, 4) is 0 Å². The molecule has 2 aliphatic rings. The fourth-order valence-electron chi connectivity index (χ4n) is 3.40. The monoisotopic (exact) mass is 386 g/mol. The number of carbonyl (C=O) groups is 3. The van der Waals surface area contributed by atoms with Crippen LogP contribution < -0.4 is 10.6 Å². The van der Waals surface area contributed by atoms with E-state index in [4.69, 9.17) is 9.84 Å². The minimum absolute atomic E-state index is 0.115. The smallest absolute Gasteiger partial charge is 0.370 e. The molecule has 5 atom stereocenters. The van der Waals surface area contributed by atoms with Crippen LogP contribution in [0.4, 0.5) is 0 Å². The predicted octanol–water partition coefficient (Wildman–Crippen LogP) is -1.75. The van der Waals surface area contributed by atoms with Crippen molar-refractivity contribution >= 4 is 17.8 Å². The first-order valence-electron chi connectivity index (χ1n) is 8.91. The molecule has 2 rings (SSSR count). The topological polar surface area (TPSA) is 165 Å². The molecule has 1 aliphatic carbocycles. The molecule has 0 aromatic rings. The minimum atomic E-state index is -1.66. The van der Waals surface area contributed by atoms with Gasteiger partial charge in [-0.1, -0.05) is 12.8 Å². The van der Waals surface area contributed by atoms with Crippen LogP contribution in [0.15, 0.2) is 11.8 Å². The Bertz CT molecular complexity index is 602. The highest BCUT2D eigenvalue weighted by Gasteiger charge is 2.43. The third-order valence-corrected chi connectivity index (χ3v) is 4.83. The van der Waals surface area contributed by atoms with Gasteiger partial charge in [0.1, 0.15) is 18.3 Å². The van der Waals surface area contributed by atoms with Crippen LogP contribution in [0.5, 0.6) is 0 Å². The van der Waals surface area contributed by atoms with E-state index < -0.39 is 48.1 Å². The largest absolute Gasteiger partial charge is 0.478 e.